The number of carbonyl (C=O) groups excluding carboxylic acids is 1. The number of anilines is 2. The maximum atomic E-state index is 11.7. The van der Waals surface area contributed by atoms with Crippen LogP contribution in [0.2, 0.25) is 0 Å². The Morgan fingerprint density at radius 2 is 2.26 bits per heavy atom. The highest BCUT2D eigenvalue weighted by Gasteiger charge is 2.29. The largest absolute Gasteiger partial charge is 0.397 e. The maximum Gasteiger partial charge on any atom is 0.251 e. The molecule has 0 radical (unpaired) electrons. The molecular formula is C14H21N3O2. The van der Waals surface area contributed by atoms with Crippen molar-refractivity contribution in [1.29, 1.82) is 0 Å². The van der Waals surface area contributed by atoms with Crippen molar-refractivity contribution in [2.24, 2.45) is 0 Å². The molecule has 1 aliphatic carbocycles. The Morgan fingerprint density at radius 3 is 2.79 bits per heavy atom. The molecule has 0 unspecified atom stereocenters. The molecule has 1 fully saturated rings. The van der Waals surface area contributed by atoms with Crippen LogP contribution < -0.4 is 16.0 Å². The van der Waals surface area contributed by atoms with E-state index in [1.807, 2.05) is 13.0 Å². The molecule has 4 N–H and O–H groups in total. The molecule has 0 spiro atoms. The fourth-order valence-corrected chi connectivity index (χ4v) is 2.21. The van der Waals surface area contributed by atoms with E-state index in [1.54, 1.807) is 12.1 Å². The zero-order valence-electron chi connectivity index (χ0n) is 11.2. The van der Waals surface area contributed by atoms with Gasteiger partial charge in [0.1, 0.15) is 0 Å². The Balaban J connectivity index is 2.20. The number of carbonyl (C=O) groups is 1. The number of nitrogens with zero attached hydrogens (tertiary/aromatic N) is 1. The van der Waals surface area contributed by atoms with Gasteiger partial charge in [-0.3, -0.25) is 4.79 Å². The summed E-state index contributed by atoms with van der Waals surface area (Å²) in [4.78, 5) is 13.9. The van der Waals surface area contributed by atoms with Crippen LogP contribution in [0, 0.1) is 0 Å². The number of nitrogen functional groups attached to an aromatic ring is 1. The van der Waals surface area contributed by atoms with Crippen LogP contribution in [0.1, 0.15) is 30.1 Å². The predicted octanol–water partition coefficient (Wildman–Crippen LogP) is 0.980. The summed E-state index contributed by atoms with van der Waals surface area (Å²) in [5, 5.41) is 11.9. The van der Waals surface area contributed by atoms with Crippen molar-refractivity contribution in [3.8, 4) is 0 Å². The van der Waals surface area contributed by atoms with Crippen LogP contribution in [0.3, 0.4) is 0 Å². The molecular weight excluding hydrogens is 242 g/mol. The van der Waals surface area contributed by atoms with Crippen LogP contribution in [0.15, 0.2) is 18.2 Å². The molecule has 19 heavy (non-hydrogen) atoms. The van der Waals surface area contributed by atoms with Gasteiger partial charge >= 0.3 is 0 Å². The first-order chi connectivity index (χ1) is 9.17. The lowest BCUT2D eigenvalue weighted by Gasteiger charge is -2.25. The molecule has 5 heteroatoms. The van der Waals surface area contributed by atoms with Crippen molar-refractivity contribution >= 4 is 17.3 Å². The van der Waals surface area contributed by atoms with Crippen molar-refractivity contribution < 1.29 is 9.90 Å². The molecule has 1 aliphatic rings. The fourth-order valence-electron chi connectivity index (χ4n) is 2.21. The van der Waals surface area contributed by atoms with E-state index >= 15 is 0 Å². The predicted molar refractivity (Wildman–Crippen MR) is 76.3 cm³/mol. The summed E-state index contributed by atoms with van der Waals surface area (Å²) in [5.74, 6) is -0.110. The summed E-state index contributed by atoms with van der Waals surface area (Å²) in [6, 6.07) is 5.83. The highest BCUT2D eigenvalue weighted by Crippen LogP contribution is 2.34. The SMILES string of the molecule is CCNC(=O)c1ccc(N(CCO)C2CC2)c(N)c1. The van der Waals surface area contributed by atoms with Gasteiger partial charge in [-0.1, -0.05) is 0 Å². The van der Waals surface area contributed by atoms with Gasteiger partial charge in [-0.05, 0) is 38.0 Å². The highest BCUT2D eigenvalue weighted by atomic mass is 16.3. The van der Waals surface area contributed by atoms with Gasteiger partial charge in [0.25, 0.3) is 5.91 Å². The molecule has 1 aromatic carbocycles. The third-order valence-electron chi connectivity index (χ3n) is 3.27. The highest BCUT2D eigenvalue weighted by molar-refractivity contribution is 5.96. The van der Waals surface area contributed by atoms with E-state index in [-0.39, 0.29) is 12.5 Å². The molecule has 2 rings (SSSR count). The quantitative estimate of drug-likeness (QED) is 0.669. The Morgan fingerprint density at radius 1 is 1.53 bits per heavy atom. The lowest BCUT2D eigenvalue weighted by molar-refractivity contribution is 0.0956. The van der Waals surface area contributed by atoms with Gasteiger partial charge in [0.15, 0.2) is 0 Å². The first kappa shape index (κ1) is 13.7. The average Bonchev–Trinajstić information content (AvgIpc) is 3.21. The smallest absolute Gasteiger partial charge is 0.251 e. The molecule has 0 aliphatic heterocycles. The molecule has 0 bridgehead atoms. The number of nitrogens with two attached hydrogens (primary N) is 1. The van der Waals surface area contributed by atoms with Crippen molar-refractivity contribution in [2.45, 2.75) is 25.8 Å². The molecule has 0 saturated heterocycles. The van der Waals surface area contributed by atoms with Crippen molar-refractivity contribution in [3.63, 3.8) is 0 Å². The number of amides is 1. The van der Waals surface area contributed by atoms with E-state index in [1.165, 1.54) is 0 Å². The minimum Gasteiger partial charge on any atom is -0.397 e. The Hall–Kier alpha value is -1.75. The second-order valence-corrected chi connectivity index (χ2v) is 4.78. The van der Waals surface area contributed by atoms with Crippen LogP contribution in [-0.2, 0) is 0 Å². The fraction of sp³-hybridized carbons (Fsp3) is 0.500. The molecule has 1 aromatic rings. The number of aliphatic hydroxyl groups excluding tert-OH is 1. The van der Waals surface area contributed by atoms with Gasteiger partial charge in [-0.2, -0.15) is 0 Å². The first-order valence-electron chi connectivity index (χ1n) is 6.72. The number of aliphatic hydroxyl groups is 1. The molecule has 1 amide bonds. The zero-order chi connectivity index (χ0) is 13.8. The van der Waals surface area contributed by atoms with Crippen molar-refractivity contribution in [1.82, 2.24) is 5.32 Å². The number of benzene rings is 1. The number of rotatable bonds is 6. The molecule has 0 atom stereocenters. The van der Waals surface area contributed by atoms with E-state index in [0.717, 1.165) is 18.5 Å². The molecule has 104 valence electrons. The molecule has 1 saturated carbocycles. The normalized spacial score (nSPS) is 14.2. The van der Waals surface area contributed by atoms with E-state index in [9.17, 15) is 4.79 Å². The molecule has 0 heterocycles. The van der Waals surface area contributed by atoms with Gasteiger partial charge in [-0.25, -0.2) is 0 Å². The standard InChI is InChI=1S/C14H21N3O2/c1-2-16-14(19)10-3-6-13(12(15)9-10)17(7-8-18)11-4-5-11/h3,6,9,11,18H,2,4-5,7-8,15H2,1H3,(H,16,19). The van der Waals surface area contributed by atoms with Gasteiger partial charge in [0.2, 0.25) is 0 Å². The van der Waals surface area contributed by atoms with E-state index in [4.69, 9.17) is 10.8 Å². The monoisotopic (exact) mass is 263 g/mol. The summed E-state index contributed by atoms with van der Waals surface area (Å²) >= 11 is 0. The lowest BCUT2D eigenvalue weighted by atomic mass is 10.1. The minimum atomic E-state index is -0.110. The Kier molecular flexibility index (Phi) is 4.27. The molecule has 5 nitrogen and oxygen atoms in total. The van der Waals surface area contributed by atoms with Gasteiger partial charge in [-0.15, -0.1) is 0 Å². The average molecular weight is 263 g/mol. The summed E-state index contributed by atoms with van der Waals surface area (Å²) < 4.78 is 0. The summed E-state index contributed by atoms with van der Waals surface area (Å²) in [6.45, 7) is 3.16. The van der Waals surface area contributed by atoms with Gasteiger partial charge in [0.05, 0.1) is 18.0 Å². The van der Waals surface area contributed by atoms with Crippen LogP contribution >= 0.6 is 0 Å². The zero-order valence-corrected chi connectivity index (χ0v) is 11.2. The third kappa shape index (κ3) is 3.17. The maximum absolute atomic E-state index is 11.7. The number of nitrogens with one attached hydrogen (secondary N) is 1. The first-order valence-corrected chi connectivity index (χ1v) is 6.72. The summed E-state index contributed by atoms with van der Waals surface area (Å²) in [7, 11) is 0. The van der Waals surface area contributed by atoms with Crippen LogP contribution in [0.5, 0.6) is 0 Å². The summed E-state index contributed by atoms with van der Waals surface area (Å²) in [6.07, 6.45) is 2.27. The van der Waals surface area contributed by atoms with Crippen molar-refractivity contribution in [2.75, 3.05) is 30.3 Å². The Bertz CT molecular complexity index is 458. The van der Waals surface area contributed by atoms with Gasteiger partial charge in [0, 0.05) is 24.7 Å². The topological polar surface area (TPSA) is 78.6 Å². The number of hydrogen-bond donors (Lipinski definition) is 3. The number of hydrogen-bond acceptors (Lipinski definition) is 4. The van der Waals surface area contributed by atoms with E-state index in [0.29, 0.717) is 30.4 Å². The van der Waals surface area contributed by atoms with Crippen LogP contribution in [0.25, 0.3) is 0 Å². The van der Waals surface area contributed by atoms with Crippen molar-refractivity contribution in [3.05, 3.63) is 23.8 Å². The second kappa shape index (κ2) is 5.93. The van der Waals surface area contributed by atoms with Crippen LogP contribution in [0.4, 0.5) is 11.4 Å². The summed E-state index contributed by atoms with van der Waals surface area (Å²) in [5.41, 5.74) is 8.12. The second-order valence-electron chi connectivity index (χ2n) is 4.78. The third-order valence-corrected chi connectivity index (χ3v) is 3.27. The van der Waals surface area contributed by atoms with Gasteiger partial charge < -0.3 is 21.1 Å². The minimum absolute atomic E-state index is 0.105. The molecule has 0 aromatic heterocycles. The van der Waals surface area contributed by atoms with E-state index in [2.05, 4.69) is 10.2 Å². The van der Waals surface area contributed by atoms with E-state index < -0.39 is 0 Å². The Labute approximate surface area is 113 Å². The lowest BCUT2D eigenvalue weighted by Crippen LogP contribution is -2.30. The van der Waals surface area contributed by atoms with Crippen LogP contribution in [-0.4, -0.2) is 36.8 Å².